The quantitative estimate of drug-likeness (QED) is 0.602. The first-order valence-electron chi connectivity index (χ1n) is 7.11. The van der Waals surface area contributed by atoms with E-state index in [-0.39, 0.29) is 6.04 Å². The highest BCUT2D eigenvalue weighted by Gasteiger charge is 2.04. The molecule has 0 bridgehead atoms. The number of nitrogens with zero attached hydrogens (tertiary/aromatic N) is 1. The molecular weight excluding hydrogens is 268 g/mol. The summed E-state index contributed by atoms with van der Waals surface area (Å²) in [5.41, 5.74) is 6.92. The molecule has 6 heteroatoms. The van der Waals surface area contributed by atoms with Gasteiger partial charge in [0.15, 0.2) is 0 Å². The Balaban J connectivity index is 2.25. The molecule has 1 aromatic rings. The van der Waals surface area contributed by atoms with Crippen LogP contribution in [0.25, 0.3) is 0 Å². The standard InChI is InChI=1S/C15H26N4O2/c1-12(17-8-10-21-11-9-19(2)3)13-4-6-14(7-5-13)18-15(16)20/h4-7,12,17H,8-11H2,1-3H3,(H3,16,18,20). The van der Waals surface area contributed by atoms with Crippen LogP contribution in [-0.2, 0) is 4.74 Å². The van der Waals surface area contributed by atoms with Crippen molar-refractivity contribution in [1.29, 1.82) is 0 Å². The third-order valence-corrected chi connectivity index (χ3v) is 3.06. The number of anilines is 1. The van der Waals surface area contributed by atoms with Gasteiger partial charge in [-0.25, -0.2) is 4.79 Å². The number of hydrogen-bond acceptors (Lipinski definition) is 4. The third kappa shape index (κ3) is 7.65. The largest absolute Gasteiger partial charge is 0.379 e. The van der Waals surface area contributed by atoms with Crippen LogP contribution in [0.4, 0.5) is 10.5 Å². The van der Waals surface area contributed by atoms with Crippen molar-refractivity contribution in [1.82, 2.24) is 10.2 Å². The Bertz CT molecular complexity index is 420. The molecule has 6 nitrogen and oxygen atoms in total. The lowest BCUT2D eigenvalue weighted by molar-refractivity contribution is 0.118. The van der Waals surface area contributed by atoms with Crippen LogP contribution in [0.15, 0.2) is 24.3 Å². The lowest BCUT2D eigenvalue weighted by atomic mass is 10.1. The molecule has 21 heavy (non-hydrogen) atoms. The number of primary amides is 1. The maximum atomic E-state index is 10.7. The van der Waals surface area contributed by atoms with Crippen LogP contribution in [0, 0.1) is 0 Å². The highest BCUT2D eigenvalue weighted by molar-refractivity contribution is 5.87. The summed E-state index contributed by atoms with van der Waals surface area (Å²) in [7, 11) is 4.06. The van der Waals surface area contributed by atoms with Crippen molar-refractivity contribution in [2.75, 3.05) is 45.7 Å². The van der Waals surface area contributed by atoms with Gasteiger partial charge >= 0.3 is 6.03 Å². The topological polar surface area (TPSA) is 79.6 Å². The zero-order chi connectivity index (χ0) is 15.7. The molecule has 0 spiro atoms. The van der Waals surface area contributed by atoms with Gasteiger partial charge in [0, 0.05) is 24.8 Å². The molecule has 0 radical (unpaired) electrons. The number of rotatable bonds is 9. The molecular formula is C15H26N4O2. The number of carbonyl (C=O) groups is 1. The Morgan fingerprint density at radius 3 is 2.52 bits per heavy atom. The van der Waals surface area contributed by atoms with Gasteiger partial charge in [0.1, 0.15) is 0 Å². The SMILES string of the molecule is CC(NCCOCCN(C)C)c1ccc(NC(N)=O)cc1. The molecule has 118 valence electrons. The number of carbonyl (C=O) groups excluding carboxylic acids is 1. The monoisotopic (exact) mass is 294 g/mol. The van der Waals surface area contributed by atoms with Gasteiger partial charge < -0.3 is 26.0 Å². The van der Waals surface area contributed by atoms with Crippen LogP contribution in [0.1, 0.15) is 18.5 Å². The maximum absolute atomic E-state index is 10.7. The molecule has 2 amide bonds. The number of nitrogens with two attached hydrogens (primary N) is 1. The molecule has 0 saturated heterocycles. The summed E-state index contributed by atoms with van der Waals surface area (Å²) in [5, 5.41) is 5.94. The number of benzene rings is 1. The first kappa shape index (κ1) is 17.4. The van der Waals surface area contributed by atoms with Gasteiger partial charge in [0.05, 0.1) is 13.2 Å². The zero-order valence-electron chi connectivity index (χ0n) is 13.1. The van der Waals surface area contributed by atoms with Crippen LogP contribution >= 0.6 is 0 Å². The second-order valence-electron chi connectivity index (χ2n) is 5.20. The molecule has 1 rings (SSSR count). The Morgan fingerprint density at radius 1 is 1.29 bits per heavy atom. The van der Waals surface area contributed by atoms with Crippen LogP contribution in [0.2, 0.25) is 0 Å². The van der Waals surface area contributed by atoms with Gasteiger partial charge in [-0.15, -0.1) is 0 Å². The molecule has 0 fully saturated rings. The molecule has 0 aromatic heterocycles. The van der Waals surface area contributed by atoms with Gasteiger partial charge in [-0.2, -0.15) is 0 Å². The van der Waals surface area contributed by atoms with E-state index in [1.54, 1.807) is 0 Å². The van der Waals surface area contributed by atoms with Crippen LogP contribution in [0.5, 0.6) is 0 Å². The Kier molecular flexibility index (Phi) is 7.74. The number of urea groups is 1. The Morgan fingerprint density at radius 2 is 1.95 bits per heavy atom. The van der Waals surface area contributed by atoms with E-state index in [2.05, 4.69) is 22.5 Å². The van der Waals surface area contributed by atoms with Gasteiger partial charge in [0.25, 0.3) is 0 Å². The van der Waals surface area contributed by atoms with E-state index >= 15 is 0 Å². The molecule has 0 aliphatic rings. The smallest absolute Gasteiger partial charge is 0.316 e. The van der Waals surface area contributed by atoms with Gasteiger partial charge in [-0.05, 0) is 38.7 Å². The normalized spacial score (nSPS) is 12.4. The summed E-state index contributed by atoms with van der Waals surface area (Å²) in [6.07, 6.45) is 0. The molecule has 1 atom stereocenters. The van der Waals surface area contributed by atoms with E-state index in [9.17, 15) is 4.79 Å². The fourth-order valence-electron chi connectivity index (χ4n) is 1.81. The number of hydrogen-bond donors (Lipinski definition) is 3. The highest BCUT2D eigenvalue weighted by Crippen LogP contribution is 2.15. The fourth-order valence-corrected chi connectivity index (χ4v) is 1.81. The second kappa shape index (κ2) is 9.33. The lowest BCUT2D eigenvalue weighted by Crippen LogP contribution is -2.25. The average molecular weight is 294 g/mol. The molecule has 1 aromatic carbocycles. The molecule has 0 aliphatic carbocycles. The van der Waals surface area contributed by atoms with Crippen molar-refractivity contribution >= 4 is 11.7 Å². The first-order chi connectivity index (χ1) is 9.99. The minimum Gasteiger partial charge on any atom is -0.379 e. The lowest BCUT2D eigenvalue weighted by Gasteiger charge is -2.15. The molecule has 4 N–H and O–H groups in total. The van der Waals surface area contributed by atoms with E-state index in [4.69, 9.17) is 10.5 Å². The zero-order valence-corrected chi connectivity index (χ0v) is 13.1. The summed E-state index contributed by atoms with van der Waals surface area (Å²) in [6, 6.07) is 7.29. The van der Waals surface area contributed by atoms with Gasteiger partial charge in [0.2, 0.25) is 0 Å². The van der Waals surface area contributed by atoms with Crippen LogP contribution in [-0.4, -0.2) is 51.3 Å². The van der Waals surface area contributed by atoms with E-state index < -0.39 is 6.03 Å². The van der Waals surface area contributed by atoms with E-state index in [0.717, 1.165) is 25.3 Å². The highest BCUT2D eigenvalue weighted by atomic mass is 16.5. The predicted octanol–water partition coefficient (Wildman–Crippen LogP) is 1.41. The molecule has 0 saturated carbocycles. The van der Waals surface area contributed by atoms with Gasteiger partial charge in [-0.1, -0.05) is 12.1 Å². The van der Waals surface area contributed by atoms with Crippen LogP contribution < -0.4 is 16.4 Å². The van der Waals surface area contributed by atoms with Crippen molar-refractivity contribution in [2.24, 2.45) is 5.73 Å². The van der Waals surface area contributed by atoms with E-state index in [0.29, 0.717) is 12.3 Å². The van der Waals surface area contributed by atoms with E-state index in [1.165, 1.54) is 0 Å². The second-order valence-corrected chi connectivity index (χ2v) is 5.20. The molecule has 0 aliphatic heterocycles. The van der Waals surface area contributed by atoms with E-state index in [1.807, 2.05) is 38.4 Å². The van der Waals surface area contributed by atoms with Crippen molar-refractivity contribution in [3.05, 3.63) is 29.8 Å². The number of ether oxygens (including phenoxy) is 1. The van der Waals surface area contributed by atoms with Crippen molar-refractivity contribution in [3.63, 3.8) is 0 Å². The number of amides is 2. The molecule has 0 heterocycles. The number of likely N-dealkylation sites (N-methyl/N-ethyl adjacent to an activating group) is 1. The van der Waals surface area contributed by atoms with Crippen molar-refractivity contribution in [3.8, 4) is 0 Å². The minimum atomic E-state index is -0.552. The summed E-state index contributed by atoms with van der Waals surface area (Å²) >= 11 is 0. The maximum Gasteiger partial charge on any atom is 0.316 e. The molecule has 1 unspecified atom stereocenters. The third-order valence-electron chi connectivity index (χ3n) is 3.06. The Labute approximate surface area is 126 Å². The fraction of sp³-hybridized carbons (Fsp3) is 0.533. The first-order valence-corrected chi connectivity index (χ1v) is 7.11. The average Bonchev–Trinajstić information content (AvgIpc) is 2.42. The van der Waals surface area contributed by atoms with Crippen molar-refractivity contribution < 1.29 is 9.53 Å². The summed E-state index contributed by atoms with van der Waals surface area (Å²) in [5.74, 6) is 0. The summed E-state index contributed by atoms with van der Waals surface area (Å²) in [6.45, 7) is 5.27. The number of nitrogens with one attached hydrogen (secondary N) is 2. The predicted molar refractivity (Wildman–Crippen MR) is 85.4 cm³/mol. The van der Waals surface area contributed by atoms with Crippen molar-refractivity contribution in [2.45, 2.75) is 13.0 Å². The summed E-state index contributed by atoms with van der Waals surface area (Å²) in [4.78, 5) is 12.8. The summed E-state index contributed by atoms with van der Waals surface area (Å²) < 4.78 is 5.53. The Hall–Kier alpha value is -1.63. The van der Waals surface area contributed by atoms with Crippen LogP contribution in [0.3, 0.4) is 0 Å². The minimum absolute atomic E-state index is 0.227. The van der Waals surface area contributed by atoms with Gasteiger partial charge in [-0.3, -0.25) is 0 Å².